The molecule has 52 heavy (non-hydrogen) atoms. The number of benzene rings is 4. The Bertz CT molecular complexity index is 1790. The minimum atomic E-state index is -3.80. The molecule has 0 radical (unpaired) electrons. The van der Waals surface area contributed by atoms with Gasteiger partial charge in [-0.1, -0.05) is 109 Å². The zero-order chi connectivity index (χ0) is 37.1. The average molecular weight is 733 g/mol. The molecule has 4 aromatic rings. The number of nitrogens with zero attached hydrogens (tertiary/aromatic N) is 2. The molecule has 1 heterocycles. The third-order valence-corrected chi connectivity index (χ3v) is 11.2. The van der Waals surface area contributed by atoms with Crippen molar-refractivity contribution in [2.24, 2.45) is 0 Å². The van der Waals surface area contributed by atoms with E-state index < -0.39 is 52.6 Å². The fourth-order valence-corrected chi connectivity index (χ4v) is 7.49. The van der Waals surface area contributed by atoms with E-state index in [1.165, 1.54) is 16.1 Å². The number of ether oxygens (including phenoxy) is 3. The average Bonchev–Trinajstić information content (AvgIpc) is 3.16. The van der Waals surface area contributed by atoms with E-state index in [1.54, 1.807) is 24.3 Å². The highest BCUT2D eigenvalue weighted by molar-refractivity contribution is 7.89. The predicted molar refractivity (Wildman–Crippen MR) is 195 cm³/mol. The van der Waals surface area contributed by atoms with Gasteiger partial charge in [0.2, 0.25) is 10.0 Å². The monoisotopic (exact) mass is 732 g/mol. The number of carbonyl (C=O) groups is 1. The predicted octanol–water partition coefficient (Wildman–Crippen LogP) is 3.69. The first-order valence-electron chi connectivity index (χ1n) is 17.4. The van der Waals surface area contributed by atoms with Crippen molar-refractivity contribution in [1.82, 2.24) is 9.21 Å². The van der Waals surface area contributed by atoms with E-state index in [0.717, 1.165) is 22.3 Å². The lowest BCUT2D eigenvalue weighted by atomic mass is 9.85. The number of hydrogen-bond acceptors (Lipinski definition) is 9. The molecule has 0 aliphatic carbocycles. The summed E-state index contributed by atoms with van der Waals surface area (Å²) in [4.78, 5) is 16.0. The number of sulfonamides is 1. The number of rotatable bonds is 17. The molecule has 1 unspecified atom stereocenters. The van der Waals surface area contributed by atoms with E-state index in [1.807, 2.05) is 97.9 Å². The smallest absolute Gasteiger partial charge is 0.254 e. The Hall–Kier alpha value is -3.98. The molecule has 1 saturated heterocycles. The minimum absolute atomic E-state index is 0.0301. The van der Waals surface area contributed by atoms with Gasteiger partial charge in [0.1, 0.15) is 17.8 Å². The minimum Gasteiger partial charge on any atom is -0.390 e. The summed E-state index contributed by atoms with van der Waals surface area (Å²) in [5.74, 6) is -0.609. The molecule has 0 saturated carbocycles. The second kappa shape index (κ2) is 18.2. The van der Waals surface area contributed by atoms with Crippen LogP contribution in [0.5, 0.6) is 0 Å². The van der Waals surface area contributed by atoms with Gasteiger partial charge in [0.05, 0.1) is 37.4 Å². The molecule has 1 aliphatic heterocycles. The Kier molecular flexibility index (Phi) is 13.7. The highest BCUT2D eigenvalue weighted by Gasteiger charge is 2.51. The van der Waals surface area contributed by atoms with Gasteiger partial charge in [-0.25, -0.2) is 8.42 Å². The fraction of sp³-hybridized carbons (Fsp3) is 0.375. The van der Waals surface area contributed by atoms with Gasteiger partial charge in [0, 0.05) is 26.2 Å². The Morgan fingerprint density at radius 3 is 1.71 bits per heavy atom. The summed E-state index contributed by atoms with van der Waals surface area (Å²) in [5.41, 5.74) is 1.04. The van der Waals surface area contributed by atoms with Crippen molar-refractivity contribution in [3.63, 3.8) is 0 Å². The van der Waals surface area contributed by atoms with Crippen LogP contribution in [0.25, 0.3) is 0 Å². The van der Waals surface area contributed by atoms with Crippen LogP contribution in [-0.2, 0) is 48.8 Å². The number of aliphatic hydroxyl groups excluding tert-OH is 2. The summed E-state index contributed by atoms with van der Waals surface area (Å²) >= 11 is 0. The van der Waals surface area contributed by atoms with Crippen molar-refractivity contribution >= 4 is 15.9 Å². The highest BCUT2D eigenvalue weighted by Crippen LogP contribution is 2.29. The van der Waals surface area contributed by atoms with E-state index in [-0.39, 0.29) is 50.9 Å². The van der Waals surface area contributed by atoms with Crippen LogP contribution < -0.4 is 0 Å². The SMILES string of the molecule is Cc1ccc(S(=O)(=O)N2CCN(C(=O)[C@H](OCc3ccccc3)[C@@H](O)[C@H](OCc3ccccc3)C(O)(COCc3ccccc3)[C@@H](C)O)CC2)cc1. The molecule has 5 rings (SSSR count). The summed E-state index contributed by atoms with van der Waals surface area (Å²) in [6.07, 6.45) is -6.41. The summed E-state index contributed by atoms with van der Waals surface area (Å²) in [5, 5.41) is 35.3. The molecule has 4 aromatic carbocycles. The first kappa shape index (κ1) is 39.2. The van der Waals surface area contributed by atoms with Crippen molar-refractivity contribution in [1.29, 1.82) is 0 Å². The molecular weight excluding hydrogens is 685 g/mol. The van der Waals surface area contributed by atoms with E-state index in [0.29, 0.717) is 0 Å². The standard InChI is InChI=1S/C40H48N2O9S/c1-30-18-20-35(21-19-30)52(47,48)42-24-22-41(23-25-42)39(45)37(50-27-33-14-8-4-9-15-33)36(44)38(51-28-34-16-10-5-11-17-34)40(46,31(2)43)29-49-26-32-12-6-3-7-13-32/h3-21,31,36-38,43-44,46H,22-29H2,1-2H3/t31-,36-,37-,38+,40?/m1/s1. The topological polar surface area (TPSA) is 146 Å². The lowest BCUT2D eigenvalue weighted by Gasteiger charge is -2.43. The molecule has 1 fully saturated rings. The second-order valence-electron chi connectivity index (χ2n) is 13.1. The van der Waals surface area contributed by atoms with Gasteiger partial charge >= 0.3 is 0 Å². The van der Waals surface area contributed by atoms with Gasteiger partial charge < -0.3 is 34.4 Å². The lowest BCUT2D eigenvalue weighted by molar-refractivity contribution is -0.236. The van der Waals surface area contributed by atoms with Crippen molar-refractivity contribution in [2.75, 3.05) is 32.8 Å². The number of aliphatic hydroxyl groups is 3. The molecule has 0 bridgehead atoms. The van der Waals surface area contributed by atoms with E-state index >= 15 is 0 Å². The summed E-state index contributed by atoms with van der Waals surface area (Å²) in [6, 6.07) is 34.1. The Balaban J connectivity index is 1.40. The maximum Gasteiger partial charge on any atom is 0.254 e. The number of piperazine rings is 1. The van der Waals surface area contributed by atoms with Gasteiger partial charge in [-0.15, -0.1) is 0 Å². The molecule has 0 aromatic heterocycles. The Morgan fingerprint density at radius 2 is 1.21 bits per heavy atom. The highest BCUT2D eigenvalue weighted by atomic mass is 32.2. The van der Waals surface area contributed by atoms with Crippen molar-refractivity contribution in [3.8, 4) is 0 Å². The second-order valence-corrected chi connectivity index (χ2v) is 15.1. The quantitative estimate of drug-likeness (QED) is 0.148. The van der Waals surface area contributed by atoms with E-state index in [4.69, 9.17) is 14.2 Å². The van der Waals surface area contributed by atoms with Crippen molar-refractivity contribution in [3.05, 3.63) is 138 Å². The van der Waals surface area contributed by atoms with Crippen LogP contribution in [-0.4, -0.2) is 102 Å². The maximum atomic E-state index is 14.3. The number of hydrogen-bond donors (Lipinski definition) is 3. The molecule has 12 heteroatoms. The van der Waals surface area contributed by atoms with Gasteiger partial charge in [0.15, 0.2) is 6.10 Å². The van der Waals surface area contributed by atoms with Gasteiger partial charge in [-0.2, -0.15) is 4.31 Å². The van der Waals surface area contributed by atoms with Crippen molar-refractivity contribution in [2.45, 2.75) is 68.6 Å². The number of amides is 1. The molecule has 11 nitrogen and oxygen atoms in total. The van der Waals surface area contributed by atoms with Crippen LogP contribution in [0.3, 0.4) is 0 Å². The van der Waals surface area contributed by atoms with Gasteiger partial charge in [0.25, 0.3) is 5.91 Å². The fourth-order valence-electron chi connectivity index (χ4n) is 6.07. The van der Waals surface area contributed by atoms with Crippen LogP contribution >= 0.6 is 0 Å². The van der Waals surface area contributed by atoms with Gasteiger partial charge in [-0.05, 0) is 42.7 Å². The molecule has 3 N–H and O–H groups in total. The Morgan fingerprint density at radius 1 is 0.731 bits per heavy atom. The third kappa shape index (κ3) is 9.91. The van der Waals surface area contributed by atoms with Crippen molar-refractivity contribution < 1.29 is 42.7 Å². The summed E-state index contributed by atoms with van der Waals surface area (Å²) < 4.78 is 46.4. The number of carbonyl (C=O) groups excluding carboxylic acids is 1. The maximum absolute atomic E-state index is 14.3. The lowest BCUT2D eigenvalue weighted by Crippen LogP contribution is -2.64. The first-order chi connectivity index (χ1) is 25.0. The van der Waals surface area contributed by atoms with E-state index in [9.17, 15) is 28.5 Å². The molecular formula is C40H48N2O9S. The van der Waals surface area contributed by atoms with Crippen LogP contribution in [0.1, 0.15) is 29.2 Å². The zero-order valence-corrected chi connectivity index (χ0v) is 30.3. The zero-order valence-electron chi connectivity index (χ0n) is 29.5. The molecule has 0 spiro atoms. The number of aryl methyl sites for hydroxylation is 1. The van der Waals surface area contributed by atoms with Crippen LogP contribution in [0.15, 0.2) is 120 Å². The molecule has 1 aliphatic rings. The van der Waals surface area contributed by atoms with Crippen LogP contribution in [0, 0.1) is 6.92 Å². The van der Waals surface area contributed by atoms with Crippen LogP contribution in [0.2, 0.25) is 0 Å². The normalized spacial score (nSPS) is 17.5. The summed E-state index contributed by atoms with van der Waals surface area (Å²) in [6.45, 7) is 2.94. The van der Waals surface area contributed by atoms with Crippen LogP contribution in [0.4, 0.5) is 0 Å². The van der Waals surface area contributed by atoms with Gasteiger partial charge in [-0.3, -0.25) is 4.79 Å². The molecule has 5 atom stereocenters. The Labute approximate surface area is 306 Å². The third-order valence-electron chi connectivity index (χ3n) is 9.28. The summed E-state index contributed by atoms with van der Waals surface area (Å²) in [7, 11) is -3.80. The largest absolute Gasteiger partial charge is 0.390 e. The first-order valence-corrected chi connectivity index (χ1v) is 18.8. The molecule has 278 valence electrons. The van der Waals surface area contributed by atoms with E-state index in [2.05, 4.69) is 0 Å². The molecule has 1 amide bonds.